The average molecular weight is 1250 g/mol. The summed E-state index contributed by atoms with van der Waals surface area (Å²) in [7, 11) is 1.58. The van der Waals surface area contributed by atoms with Crippen LogP contribution in [0.25, 0.3) is 0 Å². The van der Waals surface area contributed by atoms with E-state index in [2.05, 4.69) is 62.8 Å². The first kappa shape index (κ1) is 74.0. The molecular formula is C58H94N20O11. The van der Waals surface area contributed by atoms with Gasteiger partial charge in [0.2, 0.25) is 59.1 Å². The van der Waals surface area contributed by atoms with Gasteiger partial charge in [-0.25, -0.2) is 0 Å². The summed E-state index contributed by atoms with van der Waals surface area (Å²) >= 11 is 0. The van der Waals surface area contributed by atoms with Crippen molar-refractivity contribution in [1.29, 1.82) is 0 Å². The van der Waals surface area contributed by atoms with Crippen molar-refractivity contribution in [2.24, 2.45) is 66.9 Å². The molecule has 31 nitrogen and oxygen atoms in total. The summed E-state index contributed by atoms with van der Waals surface area (Å²) in [5.41, 5.74) is 40.4. The van der Waals surface area contributed by atoms with Crippen molar-refractivity contribution in [3.63, 3.8) is 0 Å². The zero-order chi connectivity index (χ0) is 66.2. The minimum atomic E-state index is -1.40. The van der Waals surface area contributed by atoms with E-state index in [4.69, 9.17) is 40.1 Å². The largest absolute Gasteiger partial charge is 0.508 e. The van der Waals surface area contributed by atoms with Crippen LogP contribution in [0.5, 0.6) is 5.75 Å². The lowest BCUT2D eigenvalue weighted by atomic mass is 10.00. The van der Waals surface area contributed by atoms with Crippen LogP contribution in [0.2, 0.25) is 0 Å². The van der Waals surface area contributed by atoms with Gasteiger partial charge in [-0.05, 0) is 113 Å². The highest BCUT2D eigenvalue weighted by molar-refractivity contribution is 5.98. The lowest BCUT2D eigenvalue weighted by Crippen LogP contribution is -2.60. The maximum atomic E-state index is 14.6. The van der Waals surface area contributed by atoms with E-state index in [9.17, 15) is 53.1 Å². The third kappa shape index (κ3) is 28.4. The summed E-state index contributed by atoms with van der Waals surface area (Å²) in [4.78, 5) is 151. The summed E-state index contributed by atoms with van der Waals surface area (Å²) in [5, 5.41) is 33.8. The molecule has 24 N–H and O–H groups in total. The fraction of sp³-hybridized carbons (Fsp3) is 0.569. The van der Waals surface area contributed by atoms with Crippen molar-refractivity contribution < 1.29 is 53.1 Å². The van der Waals surface area contributed by atoms with Crippen molar-refractivity contribution >= 4 is 77.0 Å². The third-order valence-corrected chi connectivity index (χ3v) is 14.1. The molecule has 2 aromatic rings. The fourth-order valence-electron chi connectivity index (χ4n) is 9.63. The van der Waals surface area contributed by atoms with Crippen molar-refractivity contribution in [3.8, 4) is 5.75 Å². The minimum absolute atomic E-state index is 0.0239. The van der Waals surface area contributed by atoms with Crippen LogP contribution >= 0.6 is 0 Å². The Morgan fingerprint density at radius 2 is 0.921 bits per heavy atom. The second-order valence-electron chi connectivity index (χ2n) is 22.5. The van der Waals surface area contributed by atoms with E-state index in [0.717, 1.165) is 5.56 Å². The van der Waals surface area contributed by atoms with Gasteiger partial charge in [0.1, 0.15) is 48.0 Å². The van der Waals surface area contributed by atoms with E-state index in [1.54, 1.807) is 63.4 Å². The van der Waals surface area contributed by atoms with Gasteiger partial charge in [0.25, 0.3) is 0 Å². The Balaban J connectivity index is 1.89. The second kappa shape index (κ2) is 38.8. The number of likely N-dealkylation sites (tertiary alicyclic amines) is 1. The van der Waals surface area contributed by atoms with Crippen LogP contribution in [-0.4, -0.2) is 182 Å². The van der Waals surface area contributed by atoms with Gasteiger partial charge in [-0.15, -0.1) is 0 Å². The van der Waals surface area contributed by atoms with Crippen LogP contribution in [0.3, 0.4) is 0 Å². The molecule has 2 aromatic carbocycles. The van der Waals surface area contributed by atoms with Crippen LogP contribution in [0.1, 0.15) is 103 Å². The van der Waals surface area contributed by atoms with E-state index in [1.807, 2.05) is 13.8 Å². The number of guanidine groups is 3. The molecule has 0 aliphatic carbocycles. The topological polar surface area (TPSA) is 522 Å². The summed E-state index contributed by atoms with van der Waals surface area (Å²) in [6.45, 7) is 6.54. The molecule has 31 heteroatoms. The molecular weight excluding hydrogens is 1150 g/mol. The lowest BCUT2D eigenvalue weighted by molar-refractivity contribution is -0.141. The van der Waals surface area contributed by atoms with E-state index < -0.39 is 120 Å². The first-order chi connectivity index (χ1) is 42.2. The smallest absolute Gasteiger partial charge is 0.245 e. The highest BCUT2D eigenvalue weighted by atomic mass is 16.3. The molecule has 0 unspecified atom stereocenters. The maximum Gasteiger partial charge on any atom is 0.245 e. The lowest BCUT2D eigenvalue weighted by Gasteiger charge is -2.30. The fourth-order valence-corrected chi connectivity index (χ4v) is 9.63. The molecule has 8 atom stereocenters. The molecule has 10 amide bonds. The highest BCUT2D eigenvalue weighted by Gasteiger charge is 2.39. The number of primary amides is 1. The standard InChI is InChI=1S/C58H94N20O11/c1-33(2)27-42(77-54(88)44(30-35-13-7-6-8-14-35)72-47(81)32-70-46(80)31-71-49(83)41(66-5)29-36-19-21-37(79)22-20-36)52(86)74-38(15-9-23-67-56(60)61)50(84)73-39(16-10-24-68-57(62)63)51(85)76-43(28-34(3)4)53(87)75-40(17-11-25-69-58(64)65)55(89)78-26-12-18-45(78)48(59)82/h6-8,13-14,19-22,33-34,38-45,66,79H,9-12,15-18,23-32H2,1-5H3,(H2,59,82)(H,70,80)(H,71,83)(H,72,81)(H,73,84)(H,74,86)(H,75,87)(H,76,85)(H,77,88)(H4,60,61,67)(H4,62,63,68)(H4,64,65,69)/t38-,39-,40-,41-,42-,43+,44-,45-/m0/s1. The van der Waals surface area contributed by atoms with Crippen molar-refractivity contribution in [2.75, 3.05) is 46.3 Å². The maximum absolute atomic E-state index is 14.6. The van der Waals surface area contributed by atoms with Crippen LogP contribution < -0.4 is 88.0 Å². The Morgan fingerprint density at radius 3 is 1.38 bits per heavy atom. The number of nitrogens with one attached hydrogen (secondary N) is 9. The minimum Gasteiger partial charge on any atom is -0.508 e. The summed E-state index contributed by atoms with van der Waals surface area (Å²) in [5.74, 6) is -8.23. The number of likely N-dealkylation sites (N-methyl/N-ethyl adjacent to an activating group) is 1. The number of phenolic OH excluding ortho intramolecular Hbond substituents is 1. The van der Waals surface area contributed by atoms with Gasteiger partial charge in [0, 0.05) is 32.6 Å². The number of carbonyl (C=O) groups is 10. The zero-order valence-corrected chi connectivity index (χ0v) is 51.6. The van der Waals surface area contributed by atoms with E-state index in [0.29, 0.717) is 18.4 Å². The predicted molar refractivity (Wildman–Crippen MR) is 335 cm³/mol. The molecule has 1 fully saturated rings. The Labute approximate surface area is 518 Å². The Kier molecular flexibility index (Phi) is 32.2. The van der Waals surface area contributed by atoms with Crippen molar-refractivity contribution in [2.45, 2.75) is 153 Å². The monoisotopic (exact) mass is 1250 g/mol. The quantitative estimate of drug-likeness (QED) is 0.0171. The number of nitrogens with zero attached hydrogens (tertiary/aromatic N) is 4. The highest BCUT2D eigenvalue weighted by Crippen LogP contribution is 2.20. The van der Waals surface area contributed by atoms with E-state index in [1.165, 1.54) is 17.0 Å². The predicted octanol–water partition coefficient (Wildman–Crippen LogP) is -4.36. The molecule has 89 heavy (non-hydrogen) atoms. The molecule has 1 aliphatic heterocycles. The second-order valence-corrected chi connectivity index (χ2v) is 22.5. The number of benzene rings is 2. The number of rotatable bonds is 39. The normalized spacial score (nSPS) is 15.0. The number of amides is 10. The van der Waals surface area contributed by atoms with Crippen molar-refractivity contribution in [3.05, 3.63) is 65.7 Å². The molecule has 1 saturated heterocycles. The number of hydrogen-bond donors (Lipinski definition) is 17. The Hall–Kier alpha value is -9.29. The first-order valence-corrected chi connectivity index (χ1v) is 29.8. The number of aliphatic imine (C=N–C) groups is 3. The average Bonchev–Trinajstić information content (AvgIpc) is 3.74. The van der Waals surface area contributed by atoms with Gasteiger partial charge in [-0.3, -0.25) is 62.9 Å². The van der Waals surface area contributed by atoms with Gasteiger partial charge < -0.3 is 98.0 Å². The zero-order valence-electron chi connectivity index (χ0n) is 51.6. The Morgan fingerprint density at radius 1 is 0.506 bits per heavy atom. The van der Waals surface area contributed by atoms with Gasteiger partial charge in [-0.2, -0.15) is 0 Å². The molecule has 0 radical (unpaired) electrons. The number of hydrogen-bond acceptors (Lipinski definition) is 15. The molecule has 0 bridgehead atoms. The summed E-state index contributed by atoms with van der Waals surface area (Å²) < 4.78 is 0. The van der Waals surface area contributed by atoms with Crippen molar-refractivity contribution in [1.82, 2.24) is 52.8 Å². The molecule has 0 aromatic heterocycles. The number of phenols is 1. The molecule has 3 rings (SSSR count). The SMILES string of the molecule is CN[C@@H](Cc1ccc(O)cc1)C(=O)NCC(=O)NCC(=O)N[C@@H](Cc1ccccc1)C(=O)N[C@@H](CC(C)C)C(=O)N[C@@H](CCCN=C(N)N)C(=O)N[C@@H](CCCN=C(N)N)C(=O)N[C@H](CC(C)C)C(=O)N[C@@H](CCCN=C(N)N)C(=O)N1CCC[C@H]1C(N)=O. The summed E-state index contributed by atoms with van der Waals surface area (Å²) in [6, 6.07) is 5.50. The van der Waals surface area contributed by atoms with Crippen LogP contribution in [0.15, 0.2) is 69.6 Å². The molecule has 492 valence electrons. The summed E-state index contributed by atoms with van der Waals surface area (Å²) in [6.07, 6.45) is 1.53. The Bertz CT molecular complexity index is 2750. The number of aromatic hydroxyl groups is 1. The van der Waals surface area contributed by atoms with Gasteiger partial charge >= 0.3 is 0 Å². The molecule has 1 heterocycles. The van der Waals surface area contributed by atoms with Crippen LogP contribution in [0.4, 0.5) is 0 Å². The number of carbonyl (C=O) groups excluding carboxylic acids is 10. The van der Waals surface area contributed by atoms with Gasteiger partial charge in [-0.1, -0.05) is 70.2 Å². The first-order valence-electron chi connectivity index (χ1n) is 29.8. The number of nitrogens with two attached hydrogens (primary N) is 7. The third-order valence-electron chi connectivity index (χ3n) is 14.1. The molecule has 0 saturated carbocycles. The van der Waals surface area contributed by atoms with Gasteiger partial charge in [0.15, 0.2) is 17.9 Å². The van der Waals surface area contributed by atoms with Crippen LogP contribution in [0, 0.1) is 11.8 Å². The van der Waals surface area contributed by atoms with Crippen LogP contribution in [-0.2, 0) is 60.8 Å². The molecule has 1 aliphatic rings. The van der Waals surface area contributed by atoms with Gasteiger partial charge in [0.05, 0.1) is 19.1 Å². The molecule has 0 spiro atoms. The van der Waals surface area contributed by atoms with E-state index in [-0.39, 0.29) is 126 Å². The van der Waals surface area contributed by atoms with E-state index >= 15 is 0 Å².